The second-order valence-corrected chi connectivity index (χ2v) is 2.41. The SMILES string of the molecule is [CH-]=O.[CH-]=O.[Cl][Pd][Cl]. The van der Waals surface area contributed by atoms with Gasteiger partial charge in [-0.25, -0.2) is 0 Å². The van der Waals surface area contributed by atoms with Crippen molar-refractivity contribution in [1.29, 1.82) is 0 Å². The summed E-state index contributed by atoms with van der Waals surface area (Å²) in [4.78, 5) is 15.5. The van der Waals surface area contributed by atoms with Gasteiger partial charge in [-0.15, -0.1) is 0 Å². The molecule has 0 atom stereocenters. The van der Waals surface area contributed by atoms with E-state index < -0.39 is 0 Å². The Labute approximate surface area is 58.3 Å². The van der Waals surface area contributed by atoms with Gasteiger partial charge in [-0.3, -0.25) is 13.6 Å². The molecule has 0 spiro atoms. The van der Waals surface area contributed by atoms with Gasteiger partial charge in [-0.05, 0) is 0 Å². The zero-order chi connectivity index (χ0) is 6.71. The van der Waals surface area contributed by atoms with E-state index in [-0.39, 0.29) is 15.9 Å². The molecule has 0 aliphatic carbocycles. The Bertz CT molecular complexity index is 21.2. The molecule has 7 heavy (non-hydrogen) atoms. The molecule has 0 amide bonds. The Balaban J connectivity index is -0.0000000360. The summed E-state index contributed by atoms with van der Waals surface area (Å²) in [7, 11) is 9.63. The number of halogens is 2. The third-order valence-electron chi connectivity index (χ3n) is 0. The molecule has 0 aromatic carbocycles. The average Bonchev–Trinajstić information content (AvgIpc) is 1.78. The van der Waals surface area contributed by atoms with Gasteiger partial charge in [0.2, 0.25) is 0 Å². The van der Waals surface area contributed by atoms with Gasteiger partial charge in [0.15, 0.2) is 0 Å². The monoisotopic (exact) mass is 234 g/mol. The fourth-order valence-corrected chi connectivity index (χ4v) is 0. The molecular formula is C2H2Cl2O2Pd-2. The van der Waals surface area contributed by atoms with Crippen LogP contribution < -0.4 is 0 Å². The van der Waals surface area contributed by atoms with Crippen LogP contribution in [0.15, 0.2) is 0 Å². The predicted octanol–water partition coefficient (Wildman–Crippen LogP) is 0.828. The van der Waals surface area contributed by atoms with E-state index in [9.17, 15) is 0 Å². The van der Waals surface area contributed by atoms with E-state index in [1.807, 2.05) is 0 Å². The van der Waals surface area contributed by atoms with E-state index >= 15 is 0 Å². The van der Waals surface area contributed by atoms with Gasteiger partial charge < -0.3 is 9.59 Å². The molecule has 0 N–H and O–H groups in total. The van der Waals surface area contributed by atoms with E-state index in [1.54, 1.807) is 0 Å². The molecule has 0 aliphatic rings. The Hall–Kier alpha value is 0.582. The van der Waals surface area contributed by atoms with Crippen LogP contribution in [0.5, 0.6) is 0 Å². The third-order valence-corrected chi connectivity index (χ3v) is 0. The Morgan fingerprint density at radius 2 is 1.00 bits per heavy atom. The van der Waals surface area contributed by atoms with Crippen LogP contribution in [-0.2, 0) is 25.5 Å². The standard InChI is InChI=1S/2CHO.2ClH.Pd/c2*1-2;;;/h2*1H;2*1H;/q2*-1;;;+2/p-2. The summed E-state index contributed by atoms with van der Waals surface area (Å²) < 4.78 is 0. The summed E-state index contributed by atoms with van der Waals surface area (Å²) in [6.45, 7) is 6.50. The maximum atomic E-state index is 7.75. The van der Waals surface area contributed by atoms with Gasteiger partial charge in [0.1, 0.15) is 0 Å². The Morgan fingerprint density at radius 1 is 1.00 bits per heavy atom. The fourth-order valence-electron chi connectivity index (χ4n) is 0. The van der Waals surface area contributed by atoms with Crippen molar-refractivity contribution in [3.8, 4) is 0 Å². The zero-order valence-electron chi connectivity index (χ0n) is 3.04. The zero-order valence-corrected chi connectivity index (χ0v) is 6.11. The summed E-state index contributed by atoms with van der Waals surface area (Å²) in [5.41, 5.74) is 0. The molecule has 5 heteroatoms. The normalized spacial score (nSPS) is 4.29. The molecule has 0 aliphatic heterocycles. The number of carbonyl (C=O) groups excluding carboxylic acids is 2. The molecule has 0 bridgehead atoms. The van der Waals surface area contributed by atoms with Gasteiger partial charge in [-0.1, -0.05) is 0 Å². The molecule has 0 fully saturated rings. The molecule has 48 valence electrons. The minimum atomic E-state index is -0.106. The quantitative estimate of drug-likeness (QED) is 0.354. The molecule has 0 saturated carbocycles. The summed E-state index contributed by atoms with van der Waals surface area (Å²) in [6, 6.07) is 0. The van der Waals surface area contributed by atoms with E-state index in [0.29, 0.717) is 0 Å². The van der Waals surface area contributed by atoms with Crippen molar-refractivity contribution in [2.24, 2.45) is 0 Å². The topological polar surface area (TPSA) is 34.1 Å². The summed E-state index contributed by atoms with van der Waals surface area (Å²) in [5, 5.41) is 0. The average molecular weight is 235 g/mol. The fraction of sp³-hybridized carbons (Fsp3) is 0. The van der Waals surface area contributed by atoms with Crippen LogP contribution >= 0.6 is 19.1 Å². The van der Waals surface area contributed by atoms with Crippen molar-refractivity contribution < 1.29 is 25.5 Å². The van der Waals surface area contributed by atoms with Gasteiger partial charge in [0, 0.05) is 0 Å². The van der Waals surface area contributed by atoms with Crippen molar-refractivity contribution in [2.75, 3.05) is 0 Å². The molecular weight excluding hydrogens is 233 g/mol. The van der Waals surface area contributed by atoms with Gasteiger partial charge in [0.05, 0.1) is 0 Å². The first-order valence-corrected chi connectivity index (χ1v) is 4.71. The molecule has 0 unspecified atom stereocenters. The van der Waals surface area contributed by atoms with Crippen LogP contribution in [0.25, 0.3) is 0 Å². The van der Waals surface area contributed by atoms with Crippen molar-refractivity contribution in [3.63, 3.8) is 0 Å². The molecule has 0 heterocycles. The number of hydrogen-bond donors (Lipinski definition) is 0. The number of hydrogen-bond acceptors (Lipinski definition) is 2. The molecule has 2 nitrogen and oxygen atoms in total. The van der Waals surface area contributed by atoms with Gasteiger partial charge in [0.25, 0.3) is 0 Å². The molecule has 0 aromatic rings. The summed E-state index contributed by atoms with van der Waals surface area (Å²) in [6.07, 6.45) is 0. The first-order valence-electron chi connectivity index (χ1n) is 0.710. The van der Waals surface area contributed by atoms with Crippen molar-refractivity contribution in [3.05, 3.63) is 0 Å². The van der Waals surface area contributed by atoms with Crippen molar-refractivity contribution in [1.82, 2.24) is 0 Å². The van der Waals surface area contributed by atoms with Crippen LogP contribution in [-0.4, -0.2) is 13.6 Å². The molecule has 0 saturated heterocycles. The summed E-state index contributed by atoms with van der Waals surface area (Å²) >= 11 is -0.106. The molecule has 0 aromatic heterocycles. The third kappa shape index (κ3) is 408. The Morgan fingerprint density at radius 3 is 1.00 bits per heavy atom. The van der Waals surface area contributed by atoms with E-state index in [4.69, 9.17) is 28.6 Å². The van der Waals surface area contributed by atoms with Crippen LogP contribution in [0.3, 0.4) is 0 Å². The van der Waals surface area contributed by atoms with Crippen LogP contribution in [0.2, 0.25) is 0 Å². The second kappa shape index (κ2) is 81.9. The predicted molar refractivity (Wildman–Crippen MR) is 25.2 cm³/mol. The molecule has 0 radical (unpaired) electrons. The van der Waals surface area contributed by atoms with Crippen molar-refractivity contribution >= 4 is 32.6 Å². The number of rotatable bonds is 0. The first-order chi connectivity index (χ1) is 3.41. The van der Waals surface area contributed by atoms with Crippen LogP contribution in [0.1, 0.15) is 0 Å². The Kier molecular flexibility index (Phi) is 183. The molecule has 0 rings (SSSR count). The van der Waals surface area contributed by atoms with E-state index in [2.05, 4.69) is 13.6 Å². The second-order valence-electron chi connectivity index (χ2n) is 0.0452. The van der Waals surface area contributed by atoms with Crippen molar-refractivity contribution in [2.45, 2.75) is 0 Å². The van der Waals surface area contributed by atoms with Crippen LogP contribution in [0, 0.1) is 0 Å². The van der Waals surface area contributed by atoms with Gasteiger partial charge in [-0.2, -0.15) is 0 Å². The van der Waals surface area contributed by atoms with Crippen LogP contribution in [0.4, 0.5) is 0 Å². The minimum absolute atomic E-state index is 0.106. The summed E-state index contributed by atoms with van der Waals surface area (Å²) in [5.74, 6) is 0. The first kappa shape index (κ1) is 15.6. The maximum absolute atomic E-state index is 7.75. The van der Waals surface area contributed by atoms with E-state index in [1.165, 1.54) is 0 Å². The van der Waals surface area contributed by atoms with E-state index in [0.717, 1.165) is 0 Å². The van der Waals surface area contributed by atoms with Gasteiger partial charge >= 0.3 is 35.0 Å².